The predicted octanol–water partition coefficient (Wildman–Crippen LogP) is 2.93. The summed E-state index contributed by atoms with van der Waals surface area (Å²) in [6, 6.07) is 0. The van der Waals surface area contributed by atoms with Crippen molar-refractivity contribution in [2.75, 3.05) is 26.7 Å². The molecule has 0 bridgehead atoms. The number of nitrogens with zero attached hydrogens (tertiary/aromatic N) is 3. The normalized spacial score (nSPS) is 20.5. The Morgan fingerprint density at radius 3 is 2.58 bits per heavy atom. The zero-order valence-electron chi connectivity index (χ0n) is 15.3. The summed E-state index contributed by atoms with van der Waals surface area (Å²) in [7, 11) is 3.95. The van der Waals surface area contributed by atoms with Gasteiger partial charge in [-0.1, -0.05) is 19.3 Å². The quantitative estimate of drug-likeness (QED) is 0.902. The number of aromatic nitrogens is 2. The van der Waals surface area contributed by atoms with E-state index in [0.29, 0.717) is 5.92 Å². The highest BCUT2D eigenvalue weighted by atomic mass is 16.2. The fraction of sp³-hybridized carbons (Fsp3) is 0.789. The molecular formula is C19H32N4O. The molecule has 0 radical (unpaired) electrons. The van der Waals surface area contributed by atoms with Gasteiger partial charge < -0.3 is 10.2 Å². The van der Waals surface area contributed by atoms with Gasteiger partial charge in [0, 0.05) is 32.3 Å². The fourth-order valence-electron chi connectivity index (χ4n) is 4.29. The Morgan fingerprint density at radius 1 is 1.21 bits per heavy atom. The monoisotopic (exact) mass is 332 g/mol. The molecule has 3 rings (SSSR count). The number of hydrogen-bond donors (Lipinski definition) is 1. The summed E-state index contributed by atoms with van der Waals surface area (Å²) < 4.78 is 1.83. The van der Waals surface area contributed by atoms with Crippen LogP contribution in [-0.2, 0) is 7.05 Å². The van der Waals surface area contributed by atoms with Crippen molar-refractivity contribution in [3.8, 4) is 0 Å². The molecule has 1 amide bonds. The summed E-state index contributed by atoms with van der Waals surface area (Å²) in [6.07, 6.45) is 11.7. The summed E-state index contributed by atoms with van der Waals surface area (Å²) in [5.74, 6) is 1.44. The topological polar surface area (TPSA) is 50.2 Å². The van der Waals surface area contributed by atoms with Crippen molar-refractivity contribution < 1.29 is 4.79 Å². The van der Waals surface area contributed by atoms with Crippen molar-refractivity contribution in [1.82, 2.24) is 20.0 Å². The van der Waals surface area contributed by atoms with E-state index in [1.54, 1.807) is 0 Å². The lowest BCUT2D eigenvalue weighted by Gasteiger charge is -2.32. The largest absolute Gasteiger partial charge is 0.339 e. The van der Waals surface area contributed by atoms with Gasteiger partial charge in [0.15, 0.2) is 0 Å². The molecule has 5 nitrogen and oxygen atoms in total. The first-order valence-electron chi connectivity index (χ1n) is 9.66. The predicted molar refractivity (Wildman–Crippen MR) is 96.2 cm³/mol. The molecule has 2 fully saturated rings. The van der Waals surface area contributed by atoms with E-state index in [9.17, 15) is 4.79 Å². The molecular weight excluding hydrogens is 300 g/mol. The Balaban J connectivity index is 1.65. The van der Waals surface area contributed by atoms with Crippen LogP contribution in [0.4, 0.5) is 0 Å². The number of amides is 1. The SMILES string of the molecule is CNCCC1CCN(C(=O)c2cn(C)nc2C2CCCCC2)CC1. The molecule has 24 heavy (non-hydrogen) atoms. The van der Waals surface area contributed by atoms with Gasteiger partial charge in [0.05, 0.1) is 11.3 Å². The molecule has 134 valence electrons. The van der Waals surface area contributed by atoms with Crippen molar-refractivity contribution in [1.29, 1.82) is 0 Å². The van der Waals surface area contributed by atoms with Crippen LogP contribution >= 0.6 is 0 Å². The van der Waals surface area contributed by atoms with Crippen LogP contribution in [0, 0.1) is 5.92 Å². The lowest BCUT2D eigenvalue weighted by molar-refractivity contribution is 0.0685. The van der Waals surface area contributed by atoms with Crippen LogP contribution in [0.1, 0.15) is 73.3 Å². The Kier molecular flexibility index (Phi) is 5.93. The number of likely N-dealkylation sites (tertiary alicyclic amines) is 1. The van der Waals surface area contributed by atoms with Crippen LogP contribution in [0.3, 0.4) is 0 Å². The third-order valence-electron chi connectivity index (χ3n) is 5.78. The molecule has 1 N–H and O–H groups in total. The summed E-state index contributed by atoms with van der Waals surface area (Å²) >= 11 is 0. The van der Waals surface area contributed by atoms with Gasteiger partial charge in [-0.2, -0.15) is 5.10 Å². The molecule has 1 saturated heterocycles. The summed E-state index contributed by atoms with van der Waals surface area (Å²) in [4.78, 5) is 15.1. The second-order valence-electron chi connectivity index (χ2n) is 7.56. The molecule has 0 atom stereocenters. The molecule has 1 aliphatic carbocycles. The average Bonchev–Trinajstić information content (AvgIpc) is 3.02. The Labute approximate surface area is 145 Å². The van der Waals surface area contributed by atoms with Crippen LogP contribution in [0.25, 0.3) is 0 Å². The Hall–Kier alpha value is -1.36. The number of carbonyl (C=O) groups excluding carboxylic acids is 1. The third kappa shape index (κ3) is 4.00. The zero-order chi connectivity index (χ0) is 16.9. The first-order chi connectivity index (χ1) is 11.7. The molecule has 0 aromatic carbocycles. The van der Waals surface area contributed by atoms with E-state index in [2.05, 4.69) is 15.3 Å². The maximum atomic E-state index is 13.1. The first-order valence-corrected chi connectivity index (χ1v) is 9.66. The summed E-state index contributed by atoms with van der Waals surface area (Å²) in [5, 5.41) is 7.90. The zero-order valence-corrected chi connectivity index (χ0v) is 15.3. The number of rotatable bonds is 5. The van der Waals surface area contributed by atoms with Crippen molar-refractivity contribution in [2.24, 2.45) is 13.0 Å². The van der Waals surface area contributed by atoms with Gasteiger partial charge in [-0.3, -0.25) is 9.48 Å². The Bertz CT molecular complexity index is 540. The van der Waals surface area contributed by atoms with Crippen LogP contribution in [0.5, 0.6) is 0 Å². The number of carbonyl (C=O) groups is 1. The molecule has 0 spiro atoms. The lowest BCUT2D eigenvalue weighted by atomic mass is 9.85. The van der Waals surface area contributed by atoms with Crippen molar-refractivity contribution >= 4 is 5.91 Å². The van der Waals surface area contributed by atoms with Gasteiger partial charge >= 0.3 is 0 Å². The summed E-state index contributed by atoms with van der Waals surface area (Å²) in [5.41, 5.74) is 1.91. The van der Waals surface area contributed by atoms with E-state index in [4.69, 9.17) is 0 Å². The second-order valence-corrected chi connectivity index (χ2v) is 7.56. The molecule has 2 aliphatic rings. The highest BCUT2D eigenvalue weighted by Crippen LogP contribution is 2.34. The van der Waals surface area contributed by atoms with Crippen LogP contribution in [-0.4, -0.2) is 47.3 Å². The highest BCUT2D eigenvalue weighted by Gasteiger charge is 2.29. The van der Waals surface area contributed by atoms with Gasteiger partial charge in [0.2, 0.25) is 0 Å². The summed E-state index contributed by atoms with van der Waals surface area (Å²) in [6.45, 7) is 2.87. The molecule has 1 aromatic rings. The van der Waals surface area contributed by atoms with Gasteiger partial charge in [-0.15, -0.1) is 0 Å². The van der Waals surface area contributed by atoms with Gasteiger partial charge in [0.1, 0.15) is 0 Å². The van der Waals surface area contributed by atoms with Crippen LogP contribution in [0.15, 0.2) is 6.20 Å². The smallest absolute Gasteiger partial charge is 0.257 e. The number of nitrogens with one attached hydrogen (secondary N) is 1. The molecule has 1 aliphatic heterocycles. The number of piperidine rings is 1. The van der Waals surface area contributed by atoms with Crippen molar-refractivity contribution in [3.63, 3.8) is 0 Å². The van der Waals surface area contributed by atoms with E-state index in [-0.39, 0.29) is 5.91 Å². The van der Waals surface area contributed by atoms with Gasteiger partial charge in [-0.05, 0) is 51.6 Å². The number of aryl methyl sites for hydroxylation is 1. The molecule has 1 aromatic heterocycles. The van der Waals surface area contributed by atoms with E-state index in [1.807, 2.05) is 25.0 Å². The maximum Gasteiger partial charge on any atom is 0.257 e. The van der Waals surface area contributed by atoms with E-state index in [1.165, 1.54) is 38.5 Å². The molecule has 1 saturated carbocycles. The first kappa shape index (κ1) is 17.5. The van der Waals surface area contributed by atoms with E-state index in [0.717, 1.165) is 49.7 Å². The standard InChI is InChI=1S/C19H32N4O/c1-20-11-8-15-9-12-23(13-10-15)19(24)17-14-22(2)21-18(17)16-6-4-3-5-7-16/h14-16,20H,3-13H2,1-2H3. The third-order valence-corrected chi connectivity index (χ3v) is 5.78. The fourth-order valence-corrected chi connectivity index (χ4v) is 4.29. The molecule has 5 heteroatoms. The Morgan fingerprint density at radius 2 is 1.92 bits per heavy atom. The maximum absolute atomic E-state index is 13.1. The van der Waals surface area contributed by atoms with E-state index < -0.39 is 0 Å². The van der Waals surface area contributed by atoms with Crippen molar-refractivity contribution in [2.45, 2.75) is 57.3 Å². The minimum Gasteiger partial charge on any atom is -0.339 e. The minimum absolute atomic E-state index is 0.204. The molecule has 2 heterocycles. The second kappa shape index (κ2) is 8.15. The van der Waals surface area contributed by atoms with Gasteiger partial charge in [-0.25, -0.2) is 0 Å². The van der Waals surface area contributed by atoms with Crippen molar-refractivity contribution in [3.05, 3.63) is 17.5 Å². The van der Waals surface area contributed by atoms with Crippen LogP contribution in [0.2, 0.25) is 0 Å². The minimum atomic E-state index is 0.204. The number of hydrogen-bond acceptors (Lipinski definition) is 3. The van der Waals surface area contributed by atoms with Gasteiger partial charge in [0.25, 0.3) is 5.91 Å². The van der Waals surface area contributed by atoms with Crippen LogP contribution < -0.4 is 5.32 Å². The average molecular weight is 332 g/mol. The lowest BCUT2D eigenvalue weighted by Crippen LogP contribution is -2.39. The molecule has 0 unspecified atom stereocenters. The highest BCUT2D eigenvalue weighted by molar-refractivity contribution is 5.95. The van der Waals surface area contributed by atoms with E-state index >= 15 is 0 Å².